The maximum absolute atomic E-state index is 12.7. The van der Waals surface area contributed by atoms with Crippen LogP contribution in [0, 0.1) is 0 Å². The normalized spacial score (nSPS) is 29.5. The van der Waals surface area contributed by atoms with Crippen LogP contribution >= 0.6 is 0 Å². The molecule has 22 heavy (non-hydrogen) atoms. The van der Waals surface area contributed by atoms with Crippen molar-refractivity contribution < 1.29 is 33.7 Å². The number of phenolic OH excluding ortho intramolecular Hbond substituents is 1. The molecule has 0 amide bonds. The summed E-state index contributed by atoms with van der Waals surface area (Å²) in [7, 11) is 0. The molecule has 1 saturated heterocycles. The predicted molar refractivity (Wildman–Crippen MR) is 69.5 cm³/mol. The third-order valence-corrected chi connectivity index (χ3v) is 4.01. The highest BCUT2D eigenvalue weighted by atomic mass is 16.8. The average Bonchev–Trinajstić information content (AvgIpc) is 2.83. The van der Waals surface area contributed by atoms with E-state index in [1.165, 1.54) is 18.2 Å². The lowest BCUT2D eigenvalue weighted by Crippen LogP contribution is -2.44. The zero-order valence-corrected chi connectivity index (χ0v) is 11.4. The molecule has 1 fully saturated rings. The van der Waals surface area contributed by atoms with Crippen LogP contribution in [-0.4, -0.2) is 41.3 Å². The monoisotopic (exact) mass is 302 g/mol. The van der Waals surface area contributed by atoms with E-state index >= 15 is 0 Å². The molecule has 0 unspecified atom stereocenters. The number of hydrogen-bond donors (Lipinski definition) is 1. The van der Waals surface area contributed by atoms with Crippen molar-refractivity contribution in [2.45, 2.75) is 25.4 Å². The lowest BCUT2D eigenvalue weighted by Gasteiger charge is -2.33. The van der Waals surface area contributed by atoms with Gasteiger partial charge in [0.15, 0.2) is 17.7 Å². The Balaban J connectivity index is 1.95. The zero-order chi connectivity index (χ0) is 15.6. The van der Waals surface area contributed by atoms with Gasteiger partial charge in [-0.15, -0.1) is 0 Å². The minimum atomic E-state index is -1.06. The van der Waals surface area contributed by atoms with Gasteiger partial charge in [0, 0.05) is 11.1 Å². The number of Topliss-reactive ketones (excluding diaryl/α,β-unsaturated/α-hetero) is 2. The molecular weight excluding hydrogens is 292 g/mol. The Bertz CT molecular complexity index is 776. The number of ether oxygens (including phenoxy) is 3. The molecule has 3 atom stereocenters. The van der Waals surface area contributed by atoms with Gasteiger partial charge in [-0.1, -0.05) is 12.1 Å². The molecular formula is C15H10O7. The molecule has 2 aliphatic heterocycles. The van der Waals surface area contributed by atoms with E-state index in [4.69, 9.17) is 14.2 Å². The zero-order valence-electron chi connectivity index (χ0n) is 11.4. The summed E-state index contributed by atoms with van der Waals surface area (Å²) in [6.45, 7) is 1.58. The largest absolute Gasteiger partial charge is 0.511 e. The highest BCUT2D eigenvalue weighted by Crippen LogP contribution is 2.41. The highest BCUT2D eigenvalue weighted by Gasteiger charge is 2.52. The fourth-order valence-corrected chi connectivity index (χ4v) is 3.09. The van der Waals surface area contributed by atoms with Crippen LogP contribution in [0.2, 0.25) is 0 Å². The first-order chi connectivity index (χ1) is 10.5. The van der Waals surface area contributed by atoms with Crippen molar-refractivity contribution in [3.8, 4) is 5.75 Å². The van der Waals surface area contributed by atoms with Crippen molar-refractivity contribution in [1.29, 1.82) is 0 Å². The van der Waals surface area contributed by atoms with Crippen molar-refractivity contribution in [3.05, 3.63) is 40.5 Å². The lowest BCUT2D eigenvalue weighted by molar-refractivity contribution is -0.122. The first kappa shape index (κ1) is 13.0. The molecule has 7 nitrogen and oxygen atoms in total. The second-order valence-corrected chi connectivity index (χ2v) is 5.24. The van der Waals surface area contributed by atoms with E-state index in [9.17, 15) is 19.5 Å². The molecule has 0 saturated carbocycles. The molecule has 1 aromatic rings. The van der Waals surface area contributed by atoms with Crippen molar-refractivity contribution in [2.75, 3.05) is 0 Å². The van der Waals surface area contributed by atoms with Crippen LogP contribution in [0.25, 0.3) is 0 Å². The first-order valence-electron chi connectivity index (χ1n) is 6.67. The summed E-state index contributed by atoms with van der Waals surface area (Å²) in [5.41, 5.74) is 0.196. The number of carbonyl (C=O) groups is 3. The molecule has 112 valence electrons. The number of fused-ring (bicyclic) bond motifs is 3. The van der Waals surface area contributed by atoms with Crippen molar-refractivity contribution in [3.63, 3.8) is 0 Å². The van der Waals surface area contributed by atoms with E-state index < -0.39 is 36.2 Å². The van der Waals surface area contributed by atoms with Crippen LogP contribution in [0.15, 0.2) is 29.3 Å². The van der Waals surface area contributed by atoms with Gasteiger partial charge in [0.1, 0.15) is 5.75 Å². The van der Waals surface area contributed by atoms with Gasteiger partial charge >= 0.3 is 6.16 Å². The number of aromatic hydroxyl groups is 1. The average molecular weight is 302 g/mol. The Morgan fingerprint density at radius 2 is 1.82 bits per heavy atom. The summed E-state index contributed by atoms with van der Waals surface area (Å²) in [4.78, 5) is 36.7. The van der Waals surface area contributed by atoms with Crippen LogP contribution < -0.4 is 0 Å². The Morgan fingerprint density at radius 3 is 2.59 bits per heavy atom. The molecule has 1 aliphatic carbocycles. The summed E-state index contributed by atoms with van der Waals surface area (Å²) >= 11 is 0. The van der Waals surface area contributed by atoms with Crippen LogP contribution in [0.4, 0.5) is 4.79 Å². The van der Waals surface area contributed by atoms with Crippen LogP contribution in [0.3, 0.4) is 0 Å². The summed E-state index contributed by atoms with van der Waals surface area (Å²) in [6, 6.07) is 4.26. The van der Waals surface area contributed by atoms with Gasteiger partial charge < -0.3 is 19.3 Å². The van der Waals surface area contributed by atoms with Crippen molar-refractivity contribution in [2.24, 2.45) is 0 Å². The smallest absolute Gasteiger partial charge is 0.507 e. The molecule has 0 bridgehead atoms. The molecule has 0 radical (unpaired) electrons. The first-order valence-corrected chi connectivity index (χ1v) is 6.67. The maximum atomic E-state index is 12.7. The summed E-state index contributed by atoms with van der Waals surface area (Å²) in [6.07, 6.45) is -3.81. The summed E-state index contributed by atoms with van der Waals surface area (Å²) < 4.78 is 15.3. The number of carbonyl (C=O) groups excluding carboxylic acids is 3. The van der Waals surface area contributed by atoms with Gasteiger partial charge in [0.25, 0.3) is 0 Å². The Kier molecular flexibility index (Phi) is 2.47. The minimum Gasteiger partial charge on any atom is -0.507 e. The second-order valence-electron chi connectivity index (χ2n) is 5.24. The topological polar surface area (TPSA) is 99.1 Å². The van der Waals surface area contributed by atoms with Gasteiger partial charge in [0.05, 0.1) is 17.2 Å². The number of hydrogen-bond acceptors (Lipinski definition) is 7. The number of phenols is 1. The van der Waals surface area contributed by atoms with E-state index in [0.717, 1.165) is 0 Å². The van der Waals surface area contributed by atoms with Gasteiger partial charge in [-0.25, -0.2) is 4.79 Å². The van der Waals surface area contributed by atoms with E-state index in [1.54, 1.807) is 6.92 Å². The van der Waals surface area contributed by atoms with E-state index in [2.05, 4.69) is 0 Å². The molecule has 7 heteroatoms. The third kappa shape index (κ3) is 1.51. The van der Waals surface area contributed by atoms with Gasteiger partial charge in [0.2, 0.25) is 6.29 Å². The Labute approximate surface area is 124 Å². The molecule has 3 aliphatic rings. The Hall–Kier alpha value is -2.67. The number of ketones is 2. The summed E-state index contributed by atoms with van der Waals surface area (Å²) in [5.74, 6) is -1.24. The second kappa shape index (κ2) is 4.17. The van der Waals surface area contributed by atoms with E-state index in [0.29, 0.717) is 0 Å². The molecule has 4 rings (SSSR count). The molecule has 1 N–H and O–H groups in total. The lowest BCUT2D eigenvalue weighted by atomic mass is 9.78. The van der Waals surface area contributed by atoms with Gasteiger partial charge in [-0.3, -0.25) is 9.59 Å². The van der Waals surface area contributed by atoms with Crippen LogP contribution in [-0.2, 0) is 14.2 Å². The van der Waals surface area contributed by atoms with E-state index in [-0.39, 0.29) is 28.0 Å². The molecule has 2 heterocycles. The quantitative estimate of drug-likeness (QED) is 0.722. The minimum absolute atomic E-state index is 0.0506. The third-order valence-electron chi connectivity index (χ3n) is 4.01. The summed E-state index contributed by atoms with van der Waals surface area (Å²) in [5, 5.41) is 9.90. The van der Waals surface area contributed by atoms with E-state index in [1.807, 2.05) is 0 Å². The van der Waals surface area contributed by atoms with Crippen molar-refractivity contribution in [1.82, 2.24) is 0 Å². The molecule has 0 aromatic heterocycles. The Morgan fingerprint density at radius 1 is 1.05 bits per heavy atom. The standard InChI is InChI=1S/C15H10O7/c1-5-8-10(13-14(20-5)22-15(19)21-13)11(17)6-3-2-4-7(16)9(6)12(8)18/h2-5,13-14,16H,1H3/t5-,13-,14-/m1/s1. The number of benzene rings is 1. The van der Waals surface area contributed by atoms with Crippen molar-refractivity contribution >= 4 is 17.7 Å². The molecule has 1 aromatic carbocycles. The fraction of sp³-hybridized carbons (Fsp3) is 0.267. The highest BCUT2D eigenvalue weighted by molar-refractivity contribution is 6.28. The fourth-order valence-electron chi connectivity index (χ4n) is 3.09. The van der Waals surface area contributed by atoms with Gasteiger partial charge in [-0.2, -0.15) is 0 Å². The van der Waals surface area contributed by atoms with Gasteiger partial charge in [-0.05, 0) is 13.0 Å². The predicted octanol–water partition coefficient (Wildman–Crippen LogP) is 1.35. The number of rotatable bonds is 0. The molecule has 0 spiro atoms. The maximum Gasteiger partial charge on any atom is 0.511 e. The van der Waals surface area contributed by atoms with Crippen LogP contribution in [0.5, 0.6) is 5.75 Å². The van der Waals surface area contributed by atoms with Crippen LogP contribution in [0.1, 0.15) is 27.6 Å². The SMILES string of the molecule is C[C@H]1O[C@@H]2OC(=O)O[C@@H]2C2=C1C(=O)c1c(O)cccc1C2=O.